The summed E-state index contributed by atoms with van der Waals surface area (Å²) in [5, 5.41) is 2.49. The summed E-state index contributed by atoms with van der Waals surface area (Å²) in [6.45, 7) is 6.54. The summed E-state index contributed by atoms with van der Waals surface area (Å²) in [4.78, 5) is 12.5. The summed E-state index contributed by atoms with van der Waals surface area (Å²) in [5.41, 5.74) is 5.96. The van der Waals surface area contributed by atoms with Gasteiger partial charge in [0.05, 0.1) is 11.0 Å². The molecule has 0 radical (unpaired) electrons. The fraction of sp³-hybridized carbons (Fsp3) is 0.933. The van der Waals surface area contributed by atoms with Gasteiger partial charge in [-0.2, -0.15) is 0 Å². The van der Waals surface area contributed by atoms with Gasteiger partial charge in [-0.05, 0) is 37.0 Å². The molecule has 2 aliphatic rings. The minimum atomic E-state index is -3.00. The van der Waals surface area contributed by atoms with Gasteiger partial charge in [0.25, 0.3) is 0 Å². The molecule has 0 spiro atoms. The number of hydrogen-bond donors (Lipinski definition) is 2. The number of rotatable bonds is 3. The van der Waals surface area contributed by atoms with Crippen molar-refractivity contribution < 1.29 is 13.2 Å². The SMILES string of the molecule is CC1C(N)CCC(C(=O)NCC2CCCS2(=O)=O)C1(C)C. The van der Waals surface area contributed by atoms with Crippen molar-refractivity contribution in [3.05, 3.63) is 0 Å². The van der Waals surface area contributed by atoms with Crippen molar-refractivity contribution in [3.8, 4) is 0 Å². The Bertz CT molecular complexity index is 501. The Morgan fingerprint density at radius 2 is 1.95 bits per heavy atom. The van der Waals surface area contributed by atoms with Crippen LogP contribution in [0.1, 0.15) is 46.5 Å². The van der Waals surface area contributed by atoms with Crippen LogP contribution in [0.25, 0.3) is 0 Å². The van der Waals surface area contributed by atoms with Crippen LogP contribution in [0.3, 0.4) is 0 Å². The third-order valence-corrected chi connectivity index (χ3v) is 8.06. The summed E-state index contributed by atoms with van der Waals surface area (Å²) < 4.78 is 23.6. The molecule has 4 atom stereocenters. The van der Waals surface area contributed by atoms with E-state index in [0.717, 1.165) is 12.8 Å². The van der Waals surface area contributed by atoms with Crippen LogP contribution in [0.15, 0.2) is 0 Å². The molecule has 1 aliphatic heterocycles. The van der Waals surface area contributed by atoms with E-state index in [4.69, 9.17) is 5.73 Å². The molecular weight excluding hydrogens is 288 g/mol. The summed E-state index contributed by atoms with van der Waals surface area (Å²) in [7, 11) is -3.00. The normalized spacial score (nSPS) is 38.1. The first kappa shape index (κ1) is 16.7. The van der Waals surface area contributed by atoms with Gasteiger partial charge in [-0.3, -0.25) is 4.79 Å². The Morgan fingerprint density at radius 3 is 2.52 bits per heavy atom. The molecule has 0 aromatic heterocycles. The first-order valence-electron chi connectivity index (χ1n) is 7.91. The monoisotopic (exact) mass is 316 g/mol. The quantitative estimate of drug-likeness (QED) is 0.815. The van der Waals surface area contributed by atoms with Gasteiger partial charge in [-0.15, -0.1) is 0 Å². The summed E-state index contributed by atoms with van der Waals surface area (Å²) in [5.74, 6) is 0.434. The van der Waals surface area contributed by atoms with E-state index in [-0.39, 0.29) is 41.5 Å². The molecule has 1 saturated heterocycles. The summed E-state index contributed by atoms with van der Waals surface area (Å²) in [6.07, 6.45) is 3.01. The van der Waals surface area contributed by atoms with Crippen LogP contribution in [-0.2, 0) is 14.6 Å². The van der Waals surface area contributed by atoms with Gasteiger partial charge in [-0.25, -0.2) is 8.42 Å². The van der Waals surface area contributed by atoms with Crippen molar-refractivity contribution in [2.24, 2.45) is 23.0 Å². The zero-order valence-corrected chi connectivity index (χ0v) is 14.1. The predicted octanol–water partition coefficient (Wildman–Crippen LogP) is 1.08. The zero-order chi connectivity index (χ0) is 15.8. The molecule has 2 fully saturated rings. The molecule has 1 saturated carbocycles. The lowest BCUT2D eigenvalue weighted by atomic mass is 9.61. The maximum Gasteiger partial charge on any atom is 0.223 e. The summed E-state index contributed by atoms with van der Waals surface area (Å²) in [6, 6.07) is 0.138. The van der Waals surface area contributed by atoms with E-state index in [9.17, 15) is 13.2 Å². The molecule has 4 unspecified atom stereocenters. The van der Waals surface area contributed by atoms with E-state index >= 15 is 0 Å². The van der Waals surface area contributed by atoms with E-state index in [1.54, 1.807) is 0 Å². The average molecular weight is 316 g/mol. The number of hydrogen-bond acceptors (Lipinski definition) is 4. The number of amides is 1. The van der Waals surface area contributed by atoms with Gasteiger partial charge in [0.15, 0.2) is 9.84 Å². The Kier molecular flexibility index (Phi) is 4.69. The van der Waals surface area contributed by atoms with Crippen LogP contribution in [0.4, 0.5) is 0 Å². The third kappa shape index (κ3) is 3.26. The molecule has 5 nitrogen and oxygen atoms in total. The second kappa shape index (κ2) is 5.88. The van der Waals surface area contributed by atoms with Gasteiger partial charge in [0.1, 0.15) is 0 Å². The van der Waals surface area contributed by atoms with Crippen LogP contribution in [0.2, 0.25) is 0 Å². The van der Waals surface area contributed by atoms with Crippen molar-refractivity contribution in [1.29, 1.82) is 0 Å². The average Bonchev–Trinajstić information content (AvgIpc) is 2.72. The highest BCUT2D eigenvalue weighted by atomic mass is 32.2. The Labute approximate surface area is 128 Å². The largest absolute Gasteiger partial charge is 0.355 e. The minimum Gasteiger partial charge on any atom is -0.355 e. The highest BCUT2D eigenvalue weighted by molar-refractivity contribution is 7.92. The predicted molar refractivity (Wildman–Crippen MR) is 83.5 cm³/mol. The fourth-order valence-corrected chi connectivity index (χ4v) is 5.51. The van der Waals surface area contributed by atoms with Gasteiger partial charge in [-0.1, -0.05) is 20.8 Å². The molecule has 0 aromatic carbocycles. The van der Waals surface area contributed by atoms with Crippen LogP contribution < -0.4 is 11.1 Å². The number of nitrogens with two attached hydrogens (primary N) is 1. The molecule has 3 N–H and O–H groups in total. The molecule has 1 amide bonds. The highest BCUT2D eigenvalue weighted by Crippen LogP contribution is 2.44. The maximum atomic E-state index is 12.5. The summed E-state index contributed by atoms with van der Waals surface area (Å²) >= 11 is 0. The molecule has 122 valence electrons. The van der Waals surface area contributed by atoms with Crippen molar-refractivity contribution in [2.45, 2.75) is 57.7 Å². The lowest BCUT2D eigenvalue weighted by Gasteiger charge is -2.46. The van der Waals surface area contributed by atoms with E-state index in [1.165, 1.54) is 0 Å². The van der Waals surface area contributed by atoms with E-state index in [1.807, 2.05) is 0 Å². The smallest absolute Gasteiger partial charge is 0.223 e. The second-order valence-corrected chi connectivity index (χ2v) is 9.68. The van der Waals surface area contributed by atoms with Crippen LogP contribution in [-0.4, -0.2) is 37.9 Å². The van der Waals surface area contributed by atoms with Gasteiger partial charge in [0.2, 0.25) is 5.91 Å². The Balaban J connectivity index is 1.97. The lowest BCUT2D eigenvalue weighted by molar-refractivity contribution is -0.132. The fourth-order valence-electron chi connectivity index (χ4n) is 3.74. The number of nitrogens with one attached hydrogen (secondary N) is 1. The van der Waals surface area contributed by atoms with Gasteiger partial charge < -0.3 is 11.1 Å². The van der Waals surface area contributed by atoms with E-state index in [2.05, 4.69) is 26.1 Å². The molecule has 1 heterocycles. The lowest BCUT2D eigenvalue weighted by Crippen LogP contribution is -2.52. The number of sulfone groups is 1. The maximum absolute atomic E-state index is 12.5. The molecule has 2 rings (SSSR count). The standard InChI is InChI=1S/C15H28N2O3S/c1-10-13(16)7-6-12(15(10,2)3)14(18)17-9-11-5-4-8-21(11,19)20/h10-13H,4-9,16H2,1-3H3,(H,17,18). The number of carbonyl (C=O) groups is 1. The van der Waals surface area contributed by atoms with Crippen LogP contribution >= 0.6 is 0 Å². The van der Waals surface area contributed by atoms with E-state index < -0.39 is 15.1 Å². The molecule has 1 aliphatic carbocycles. The highest BCUT2D eigenvalue weighted by Gasteiger charge is 2.45. The Hall–Kier alpha value is -0.620. The second-order valence-electron chi connectivity index (χ2n) is 7.28. The third-order valence-electron chi connectivity index (χ3n) is 5.79. The number of carbonyl (C=O) groups excluding carboxylic acids is 1. The van der Waals surface area contributed by atoms with Crippen molar-refractivity contribution in [2.75, 3.05) is 12.3 Å². The van der Waals surface area contributed by atoms with Crippen LogP contribution in [0.5, 0.6) is 0 Å². The molecule has 0 aromatic rings. The van der Waals surface area contributed by atoms with Crippen molar-refractivity contribution in [3.63, 3.8) is 0 Å². The zero-order valence-electron chi connectivity index (χ0n) is 13.3. The van der Waals surface area contributed by atoms with Crippen molar-refractivity contribution in [1.82, 2.24) is 5.32 Å². The van der Waals surface area contributed by atoms with Crippen molar-refractivity contribution >= 4 is 15.7 Å². The topological polar surface area (TPSA) is 89.3 Å². The first-order valence-corrected chi connectivity index (χ1v) is 9.62. The first-order chi connectivity index (χ1) is 9.66. The Morgan fingerprint density at radius 1 is 1.29 bits per heavy atom. The van der Waals surface area contributed by atoms with E-state index in [0.29, 0.717) is 12.8 Å². The molecule has 0 bridgehead atoms. The molecule has 21 heavy (non-hydrogen) atoms. The molecule has 6 heteroatoms. The van der Waals surface area contributed by atoms with Gasteiger partial charge in [0, 0.05) is 18.5 Å². The molecular formula is C15H28N2O3S. The van der Waals surface area contributed by atoms with Crippen LogP contribution in [0, 0.1) is 17.3 Å². The minimum absolute atomic E-state index is 0.0131. The van der Waals surface area contributed by atoms with Gasteiger partial charge >= 0.3 is 0 Å².